The van der Waals surface area contributed by atoms with E-state index in [1.165, 1.54) is 0 Å². The zero-order valence-corrected chi connectivity index (χ0v) is 11.4. The molecule has 0 saturated carbocycles. The standard InChI is InChI=1S/C13H20O2S/c1-10(2)11-8-6-7-9-12(11)16(14,15)13(3,4)5/h6-10H,1-5H3. The summed E-state index contributed by atoms with van der Waals surface area (Å²) in [5.74, 6) is 0.216. The Bertz CT molecular complexity index is 465. The van der Waals surface area contributed by atoms with Gasteiger partial charge in [0.2, 0.25) is 0 Å². The normalized spacial score (nSPS) is 13.1. The van der Waals surface area contributed by atoms with Gasteiger partial charge in [0.25, 0.3) is 0 Å². The smallest absolute Gasteiger partial charge is 0.183 e. The van der Waals surface area contributed by atoms with E-state index in [9.17, 15) is 8.42 Å². The van der Waals surface area contributed by atoms with Crippen LogP contribution >= 0.6 is 0 Å². The van der Waals surface area contributed by atoms with E-state index < -0.39 is 14.6 Å². The van der Waals surface area contributed by atoms with Crippen LogP contribution in [-0.4, -0.2) is 13.2 Å². The fourth-order valence-electron chi connectivity index (χ4n) is 1.53. The van der Waals surface area contributed by atoms with E-state index in [0.717, 1.165) is 5.56 Å². The summed E-state index contributed by atoms with van der Waals surface area (Å²) in [4.78, 5) is 0.470. The molecule has 0 spiro atoms. The minimum atomic E-state index is -3.25. The van der Waals surface area contributed by atoms with Crippen molar-refractivity contribution < 1.29 is 8.42 Å². The number of hydrogen-bond acceptors (Lipinski definition) is 2. The van der Waals surface area contributed by atoms with Crippen molar-refractivity contribution in [3.63, 3.8) is 0 Å². The van der Waals surface area contributed by atoms with E-state index in [2.05, 4.69) is 0 Å². The van der Waals surface area contributed by atoms with Gasteiger partial charge in [-0.1, -0.05) is 32.0 Å². The quantitative estimate of drug-likeness (QED) is 0.794. The van der Waals surface area contributed by atoms with Gasteiger partial charge in [0.05, 0.1) is 9.64 Å². The molecule has 90 valence electrons. The molecule has 0 atom stereocenters. The molecule has 0 fully saturated rings. The number of rotatable bonds is 2. The van der Waals surface area contributed by atoms with Crippen molar-refractivity contribution in [2.75, 3.05) is 0 Å². The van der Waals surface area contributed by atoms with Gasteiger partial charge in [-0.25, -0.2) is 8.42 Å². The minimum absolute atomic E-state index is 0.216. The average Bonchev–Trinajstić information content (AvgIpc) is 2.16. The third-order valence-corrected chi connectivity index (χ3v) is 5.20. The van der Waals surface area contributed by atoms with Crippen LogP contribution in [0.15, 0.2) is 29.2 Å². The first-order valence-corrected chi connectivity index (χ1v) is 7.00. The van der Waals surface area contributed by atoms with Crippen molar-refractivity contribution in [3.05, 3.63) is 29.8 Å². The van der Waals surface area contributed by atoms with E-state index in [1.54, 1.807) is 32.9 Å². The molecule has 1 rings (SSSR count). The third kappa shape index (κ3) is 2.29. The molecule has 1 aromatic rings. The number of sulfone groups is 1. The molecule has 0 aliphatic rings. The van der Waals surface area contributed by atoms with E-state index in [4.69, 9.17) is 0 Å². The van der Waals surface area contributed by atoms with Crippen LogP contribution in [0.2, 0.25) is 0 Å². The topological polar surface area (TPSA) is 34.1 Å². The maximum atomic E-state index is 12.4. The first-order valence-electron chi connectivity index (χ1n) is 5.51. The lowest BCUT2D eigenvalue weighted by Gasteiger charge is -2.22. The second-order valence-electron chi connectivity index (χ2n) is 5.31. The summed E-state index contributed by atoms with van der Waals surface area (Å²) in [5.41, 5.74) is 0.900. The second kappa shape index (κ2) is 4.21. The molecule has 0 radical (unpaired) electrons. The van der Waals surface area contributed by atoms with Gasteiger partial charge < -0.3 is 0 Å². The van der Waals surface area contributed by atoms with Gasteiger partial charge in [0.1, 0.15) is 0 Å². The van der Waals surface area contributed by atoms with Crippen LogP contribution in [0.4, 0.5) is 0 Å². The van der Waals surface area contributed by atoms with Gasteiger partial charge in [-0.2, -0.15) is 0 Å². The van der Waals surface area contributed by atoms with Crippen molar-refractivity contribution >= 4 is 9.84 Å². The maximum absolute atomic E-state index is 12.4. The predicted molar refractivity (Wildman–Crippen MR) is 67.5 cm³/mol. The van der Waals surface area contributed by atoms with E-state index in [1.807, 2.05) is 26.0 Å². The SMILES string of the molecule is CC(C)c1ccccc1S(=O)(=O)C(C)(C)C. The summed E-state index contributed by atoms with van der Waals surface area (Å²) in [5, 5.41) is 0. The van der Waals surface area contributed by atoms with Crippen molar-refractivity contribution in [2.24, 2.45) is 0 Å². The summed E-state index contributed by atoms with van der Waals surface area (Å²) in [7, 11) is -3.25. The molecule has 0 heterocycles. The van der Waals surface area contributed by atoms with Crippen LogP contribution in [0.25, 0.3) is 0 Å². The van der Waals surface area contributed by atoms with Crippen LogP contribution in [0.3, 0.4) is 0 Å². The Hall–Kier alpha value is -0.830. The van der Waals surface area contributed by atoms with Gasteiger partial charge in [-0.15, -0.1) is 0 Å². The molecule has 1 aromatic carbocycles. The third-order valence-electron chi connectivity index (χ3n) is 2.64. The highest BCUT2D eigenvalue weighted by atomic mass is 32.2. The Morgan fingerprint density at radius 1 is 1.06 bits per heavy atom. The average molecular weight is 240 g/mol. The molecule has 0 N–H and O–H groups in total. The van der Waals surface area contributed by atoms with Crippen LogP contribution < -0.4 is 0 Å². The maximum Gasteiger partial charge on any atom is 0.183 e. The van der Waals surface area contributed by atoms with Crippen LogP contribution in [0.1, 0.15) is 46.1 Å². The van der Waals surface area contributed by atoms with Gasteiger partial charge in [-0.3, -0.25) is 0 Å². The molecule has 16 heavy (non-hydrogen) atoms. The minimum Gasteiger partial charge on any atom is -0.223 e. The summed E-state index contributed by atoms with van der Waals surface area (Å²) < 4.78 is 24.0. The van der Waals surface area contributed by atoms with Crippen molar-refractivity contribution in [1.29, 1.82) is 0 Å². The Morgan fingerprint density at radius 2 is 1.56 bits per heavy atom. The first-order chi connectivity index (χ1) is 7.18. The van der Waals surface area contributed by atoms with Gasteiger partial charge >= 0.3 is 0 Å². The summed E-state index contributed by atoms with van der Waals surface area (Å²) >= 11 is 0. The molecule has 0 amide bonds. The zero-order chi connectivity index (χ0) is 12.6. The van der Waals surface area contributed by atoms with Crippen LogP contribution in [0.5, 0.6) is 0 Å². The summed E-state index contributed by atoms with van der Waals surface area (Å²) in [6, 6.07) is 7.26. The molecule has 2 nitrogen and oxygen atoms in total. The predicted octanol–water partition coefficient (Wildman–Crippen LogP) is 3.38. The molecular formula is C13H20O2S. The van der Waals surface area contributed by atoms with Crippen LogP contribution in [-0.2, 0) is 9.84 Å². The Balaban J connectivity index is 3.46. The van der Waals surface area contributed by atoms with Gasteiger partial charge in [0, 0.05) is 0 Å². The molecule has 0 aliphatic heterocycles. The molecule has 3 heteroatoms. The van der Waals surface area contributed by atoms with Crippen LogP contribution in [0, 0.1) is 0 Å². The molecule has 0 aromatic heterocycles. The monoisotopic (exact) mass is 240 g/mol. The number of hydrogen-bond donors (Lipinski definition) is 0. The zero-order valence-electron chi connectivity index (χ0n) is 10.6. The second-order valence-corrected chi connectivity index (χ2v) is 7.98. The summed E-state index contributed by atoms with van der Waals surface area (Å²) in [6.07, 6.45) is 0. The van der Waals surface area contributed by atoms with Gasteiger partial charge in [-0.05, 0) is 38.3 Å². The number of benzene rings is 1. The first kappa shape index (κ1) is 13.2. The van der Waals surface area contributed by atoms with Crippen molar-refractivity contribution in [1.82, 2.24) is 0 Å². The van der Waals surface area contributed by atoms with E-state index in [0.29, 0.717) is 4.90 Å². The molecule has 0 saturated heterocycles. The fraction of sp³-hybridized carbons (Fsp3) is 0.538. The fourth-order valence-corrected chi connectivity index (χ4v) is 3.06. The van der Waals surface area contributed by atoms with Crippen molar-refractivity contribution in [2.45, 2.75) is 50.2 Å². The highest BCUT2D eigenvalue weighted by molar-refractivity contribution is 7.92. The molecule has 0 aliphatic carbocycles. The molecule has 0 unspecified atom stereocenters. The highest BCUT2D eigenvalue weighted by Gasteiger charge is 2.32. The Morgan fingerprint density at radius 3 is 2.00 bits per heavy atom. The lowest BCUT2D eigenvalue weighted by molar-refractivity contribution is 0.558. The Labute approximate surface area is 98.6 Å². The Kier molecular flexibility index (Phi) is 3.48. The highest BCUT2D eigenvalue weighted by Crippen LogP contribution is 2.30. The van der Waals surface area contributed by atoms with E-state index >= 15 is 0 Å². The summed E-state index contributed by atoms with van der Waals surface area (Å²) in [6.45, 7) is 9.23. The largest absolute Gasteiger partial charge is 0.223 e. The van der Waals surface area contributed by atoms with Gasteiger partial charge in [0.15, 0.2) is 9.84 Å². The lowest BCUT2D eigenvalue weighted by Crippen LogP contribution is -2.28. The molecule has 0 bridgehead atoms. The molecular weight excluding hydrogens is 220 g/mol. The van der Waals surface area contributed by atoms with Crippen molar-refractivity contribution in [3.8, 4) is 0 Å². The lowest BCUT2D eigenvalue weighted by atomic mass is 10.0. The van der Waals surface area contributed by atoms with E-state index in [-0.39, 0.29) is 5.92 Å².